The van der Waals surface area contributed by atoms with Crippen molar-refractivity contribution in [2.45, 2.75) is 64.7 Å². The van der Waals surface area contributed by atoms with Crippen LogP contribution in [0.3, 0.4) is 0 Å². The van der Waals surface area contributed by atoms with Crippen LogP contribution in [0.5, 0.6) is 0 Å². The molecule has 1 aliphatic rings. The van der Waals surface area contributed by atoms with Crippen molar-refractivity contribution in [1.29, 1.82) is 0 Å². The van der Waals surface area contributed by atoms with Crippen LogP contribution in [-0.4, -0.2) is 15.9 Å². The van der Waals surface area contributed by atoms with E-state index in [1.165, 1.54) is 50.1 Å². The van der Waals surface area contributed by atoms with E-state index >= 15 is 0 Å². The van der Waals surface area contributed by atoms with Gasteiger partial charge in [0.25, 0.3) is 0 Å². The van der Waals surface area contributed by atoms with Crippen LogP contribution in [0.2, 0.25) is 0 Å². The van der Waals surface area contributed by atoms with Gasteiger partial charge in [0.1, 0.15) is 5.82 Å². The van der Waals surface area contributed by atoms with Crippen molar-refractivity contribution in [3.05, 3.63) is 5.82 Å². The topological polar surface area (TPSA) is 37.8 Å². The molecule has 1 saturated carbocycles. The Morgan fingerprint density at radius 2 is 1.94 bits per heavy atom. The van der Waals surface area contributed by atoms with Gasteiger partial charge >= 0.3 is 0 Å². The minimum absolute atomic E-state index is 0.0554. The van der Waals surface area contributed by atoms with Crippen molar-refractivity contribution in [3.63, 3.8) is 0 Å². The lowest BCUT2D eigenvalue weighted by atomic mass is 9.87. The maximum Gasteiger partial charge on any atom is 0.202 e. The van der Waals surface area contributed by atoms with Crippen molar-refractivity contribution in [2.24, 2.45) is 5.92 Å². The molecule has 1 heterocycles. The Labute approximate surface area is 115 Å². The second-order valence-corrected chi connectivity index (χ2v) is 7.14. The van der Waals surface area contributed by atoms with E-state index in [4.69, 9.17) is 0 Å². The maximum absolute atomic E-state index is 4.56. The van der Waals surface area contributed by atoms with E-state index in [9.17, 15) is 0 Å². The molecule has 102 valence electrons. The summed E-state index contributed by atoms with van der Waals surface area (Å²) in [6, 6.07) is 0. The second kappa shape index (κ2) is 6.00. The van der Waals surface area contributed by atoms with E-state index < -0.39 is 0 Å². The fourth-order valence-corrected chi connectivity index (χ4v) is 3.24. The average Bonchev–Trinajstić information content (AvgIpc) is 2.79. The molecule has 0 bridgehead atoms. The van der Waals surface area contributed by atoms with Gasteiger partial charge in [-0.2, -0.15) is 4.37 Å². The number of hydrogen-bond acceptors (Lipinski definition) is 4. The molecule has 1 fully saturated rings. The van der Waals surface area contributed by atoms with Crippen LogP contribution < -0.4 is 5.32 Å². The van der Waals surface area contributed by atoms with E-state index in [0.717, 1.165) is 23.4 Å². The van der Waals surface area contributed by atoms with Gasteiger partial charge in [0.05, 0.1) is 0 Å². The number of nitrogens with one attached hydrogen (secondary N) is 1. The van der Waals surface area contributed by atoms with Crippen LogP contribution in [0, 0.1) is 5.92 Å². The van der Waals surface area contributed by atoms with Gasteiger partial charge in [-0.1, -0.05) is 52.9 Å². The first-order valence-electron chi connectivity index (χ1n) is 7.14. The van der Waals surface area contributed by atoms with Crippen molar-refractivity contribution in [2.75, 3.05) is 11.9 Å². The van der Waals surface area contributed by atoms with Gasteiger partial charge in [-0.05, 0) is 12.3 Å². The average molecular weight is 267 g/mol. The SMILES string of the molecule is CC(C)(C)c1nsc(NCCC2CCCCC2)n1. The summed E-state index contributed by atoms with van der Waals surface area (Å²) in [4.78, 5) is 4.56. The second-order valence-electron chi connectivity index (χ2n) is 6.39. The first kappa shape index (κ1) is 13.8. The summed E-state index contributed by atoms with van der Waals surface area (Å²) in [6.07, 6.45) is 8.42. The third-order valence-corrected chi connectivity index (χ3v) is 4.32. The molecule has 0 spiro atoms. The summed E-state index contributed by atoms with van der Waals surface area (Å²) in [5.41, 5.74) is 0.0554. The molecule has 0 radical (unpaired) electrons. The van der Waals surface area contributed by atoms with Gasteiger partial charge < -0.3 is 5.32 Å². The van der Waals surface area contributed by atoms with E-state index in [1.54, 1.807) is 0 Å². The summed E-state index contributed by atoms with van der Waals surface area (Å²) in [5.74, 6) is 1.88. The minimum Gasteiger partial charge on any atom is -0.360 e. The number of aromatic nitrogens is 2. The summed E-state index contributed by atoms with van der Waals surface area (Å²) < 4.78 is 4.42. The quantitative estimate of drug-likeness (QED) is 0.887. The largest absolute Gasteiger partial charge is 0.360 e. The van der Waals surface area contributed by atoms with Crippen molar-refractivity contribution in [3.8, 4) is 0 Å². The maximum atomic E-state index is 4.56. The summed E-state index contributed by atoms with van der Waals surface area (Å²) in [5, 5.41) is 4.41. The summed E-state index contributed by atoms with van der Waals surface area (Å²) in [6.45, 7) is 7.51. The number of anilines is 1. The molecule has 0 aromatic carbocycles. The fourth-order valence-electron chi connectivity index (χ4n) is 2.46. The van der Waals surface area contributed by atoms with Crippen LogP contribution in [-0.2, 0) is 5.41 Å². The molecule has 3 nitrogen and oxygen atoms in total. The molecule has 0 amide bonds. The molecule has 0 aliphatic heterocycles. The normalized spacial score (nSPS) is 17.9. The lowest BCUT2D eigenvalue weighted by Gasteiger charge is -2.21. The molecule has 1 N–H and O–H groups in total. The molecule has 1 aromatic rings. The molecule has 1 aromatic heterocycles. The number of nitrogens with zero attached hydrogens (tertiary/aromatic N) is 2. The smallest absolute Gasteiger partial charge is 0.202 e. The molecular weight excluding hydrogens is 242 g/mol. The highest BCUT2D eigenvalue weighted by molar-refractivity contribution is 7.09. The predicted octanol–water partition coefficient (Wildman–Crippen LogP) is 4.22. The van der Waals surface area contributed by atoms with E-state index in [0.29, 0.717) is 0 Å². The van der Waals surface area contributed by atoms with Crippen LogP contribution in [0.4, 0.5) is 5.13 Å². The Morgan fingerprint density at radius 1 is 1.22 bits per heavy atom. The number of rotatable bonds is 4. The Morgan fingerprint density at radius 3 is 2.56 bits per heavy atom. The van der Waals surface area contributed by atoms with Gasteiger partial charge in [0.15, 0.2) is 0 Å². The highest BCUT2D eigenvalue weighted by atomic mass is 32.1. The van der Waals surface area contributed by atoms with Crippen LogP contribution >= 0.6 is 11.5 Å². The Balaban J connectivity index is 1.74. The Kier molecular flexibility index (Phi) is 4.60. The van der Waals surface area contributed by atoms with Gasteiger partial charge in [-0.15, -0.1) is 0 Å². The fraction of sp³-hybridized carbons (Fsp3) is 0.857. The molecule has 0 unspecified atom stereocenters. The Bertz CT molecular complexity index is 361. The van der Waals surface area contributed by atoms with Gasteiger partial charge in [-0.3, -0.25) is 0 Å². The third kappa shape index (κ3) is 3.94. The van der Waals surface area contributed by atoms with Gasteiger partial charge in [-0.25, -0.2) is 4.98 Å². The third-order valence-electron chi connectivity index (χ3n) is 3.65. The molecule has 18 heavy (non-hydrogen) atoms. The zero-order valence-corrected chi connectivity index (χ0v) is 12.6. The van der Waals surface area contributed by atoms with E-state index in [-0.39, 0.29) is 5.41 Å². The molecular formula is C14H25N3S. The summed E-state index contributed by atoms with van der Waals surface area (Å²) >= 11 is 1.49. The predicted molar refractivity (Wildman–Crippen MR) is 78.3 cm³/mol. The van der Waals surface area contributed by atoms with Crippen molar-refractivity contribution >= 4 is 16.7 Å². The molecule has 0 saturated heterocycles. The van der Waals surface area contributed by atoms with E-state index in [1.807, 2.05) is 0 Å². The highest BCUT2D eigenvalue weighted by Gasteiger charge is 2.19. The summed E-state index contributed by atoms with van der Waals surface area (Å²) in [7, 11) is 0. The van der Waals surface area contributed by atoms with Crippen LogP contribution in [0.15, 0.2) is 0 Å². The van der Waals surface area contributed by atoms with Crippen LogP contribution in [0.25, 0.3) is 0 Å². The minimum atomic E-state index is 0.0554. The zero-order chi connectivity index (χ0) is 13.0. The standard InChI is InChI=1S/C14H25N3S/c1-14(2,3)12-16-13(18-17-12)15-10-9-11-7-5-4-6-8-11/h11H,4-10H2,1-3H3,(H,15,16,17). The number of hydrogen-bond donors (Lipinski definition) is 1. The Hall–Kier alpha value is -0.640. The van der Waals surface area contributed by atoms with Gasteiger partial charge in [0.2, 0.25) is 5.13 Å². The van der Waals surface area contributed by atoms with Crippen molar-refractivity contribution < 1.29 is 0 Å². The molecule has 2 rings (SSSR count). The molecule has 4 heteroatoms. The lowest BCUT2D eigenvalue weighted by molar-refractivity contribution is 0.345. The highest BCUT2D eigenvalue weighted by Crippen LogP contribution is 2.27. The molecule has 0 atom stereocenters. The monoisotopic (exact) mass is 267 g/mol. The first-order chi connectivity index (χ1) is 8.55. The van der Waals surface area contributed by atoms with E-state index in [2.05, 4.69) is 35.4 Å². The zero-order valence-electron chi connectivity index (χ0n) is 11.8. The molecule has 1 aliphatic carbocycles. The first-order valence-corrected chi connectivity index (χ1v) is 7.91. The lowest BCUT2D eigenvalue weighted by Crippen LogP contribution is -2.14. The van der Waals surface area contributed by atoms with Crippen LogP contribution in [0.1, 0.15) is 65.1 Å². The van der Waals surface area contributed by atoms with Gasteiger partial charge in [0, 0.05) is 23.5 Å². The van der Waals surface area contributed by atoms with Crippen molar-refractivity contribution in [1.82, 2.24) is 9.36 Å².